The number of aryl methyl sites for hydroxylation is 2. The fraction of sp³-hybridized carbons (Fsp3) is 0.441. The first-order valence-corrected chi connectivity index (χ1v) is 17.1. The van der Waals surface area contributed by atoms with Gasteiger partial charge >= 0.3 is 0 Å². The van der Waals surface area contributed by atoms with Crippen LogP contribution in [0.3, 0.4) is 0 Å². The summed E-state index contributed by atoms with van der Waals surface area (Å²) >= 11 is 0. The number of anilines is 1. The Balaban J connectivity index is 1.06. The zero-order valence-electron chi connectivity index (χ0n) is 26.5. The SMILES string of the molecule is COc1cc(C)c(S(=O)(=O)N(C)CCc2nc3ccc(C(=O)N4CCC5(CC4)CCN(c4ccncc4)CC5)cc3[nH]2)c(C)c1. The number of carbonyl (C=O) groups is 1. The molecule has 0 atom stereocenters. The molecule has 6 rings (SSSR count). The van der Waals surface area contributed by atoms with Crippen LogP contribution in [0.4, 0.5) is 5.69 Å². The number of nitrogens with zero attached hydrogens (tertiary/aromatic N) is 5. The average Bonchev–Trinajstić information content (AvgIpc) is 3.46. The molecule has 11 heteroatoms. The van der Waals surface area contributed by atoms with Crippen LogP contribution in [0, 0.1) is 19.3 Å². The number of ether oxygens (including phenoxy) is 1. The Morgan fingerprint density at radius 2 is 1.62 bits per heavy atom. The lowest BCUT2D eigenvalue weighted by Crippen LogP contribution is -2.48. The Morgan fingerprint density at radius 1 is 0.978 bits per heavy atom. The molecule has 0 unspecified atom stereocenters. The minimum Gasteiger partial charge on any atom is -0.497 e. The van der Waals surface area contributed by atoms with Gasteiger partial charge in [-0.15, -0.1) is 0 Å². The van der Waals surface area contributed by atoms with Crippen molar-refractivity contribution in [3.8, 4) is 5.75 Å². The molecular weight excluding hydrogens is 588 g/mol. The Kier molecular flexibility index (Phi) is 8.58. The highest BCUT2D eigenvalue weighted by Crippen LogP contribution is 2.42. The topological polar surface area (TPSA) is 112 Å². The van der Waals surface area contributed by atoms with E-state index < -0.39 is 10.0 Å². The molecule has 238 valence electrons. The van der Waals surface area contributed by atoms with Gasteiger partial charge in [0.05, 0.1) is 23.0 Å². The summed E-state index contributed by atoms with van der Waals surface area (Å²) in [4.78, 5) is 30.4. The van der Waals surface area contributed by atoms with Crippen LogP contribution >= 0.6 is 0 Å². The normalized spacial score (nSPS) is 16.9. The number of hydrogen-bond donors (Lipinski definition) is 1. The maximum Gasteiger partial charge on any atom is 0.253 e. The van der Waals surface area contributed by atoms with Crippen LogP contribution in [0.5, 0.6) is 5.75 Å². The summed E-state index contributed by atoms with van der Waals surface area (Å²) in [7, 11) is -0.544. The van der Waals surface area contributed by atoms with Gasteiger partial charge in [-0.05, 0) is 98.5 Å². The third-order valence-electron chi connectivity index (χ3n) is 9.74. The largest absolute Gasteiger partial charge is 0.497 e. The molecule has 2 aliphatic rings. The summed E-state index contributed by atoms with van der Waals surface area (Å²) in [5.74, 6) is 1.36. The first kappa shape index (κ1) is 31.0. The van der Waals surface area contributed by atoms with E-state index in [0.29, 0.717) is 45.0 Å². The molecule has 2 aliphatic heterocycles. The van der Waals surface area contributed by atoms with Crippen molar-refractivity contribution in [1.29, 1.82) is 0 Å². The second kappa shape index (κ2) is 12.4. The highest BCUT2D eigenvalue weighted by atomic mass is 32.2. The molecule has 0 radical (unpaired) electrons. The van der Waals surface area contributed by atoms with Crippen LogP contribution in [0.15, 0.2) is 59.8 Å². The van der Waals surface area contributed by atoms with E-state index in [0.717, 1.165) is 62.9 Å². The van der Waals surface area contributed by atoms with Gasteiger partial charge in [-0.3, -0.25) is 9.78 Å². The summed E-state index contributed by atoms with van der Waals surface area (Å²) in [6.45, 7) is 7.45. The van der Waals surface area contributed by atoms with Crippen LogP contribution < -0.4 is 9.64 Å². The highest BCUT2D eigenvalue weighted by Gasteiger charge is 2.38. The quantitative estimate of drug-likeness (QED) is 0.293. The number of likely N-dealkylation sites (N-methyl/N-ethyl adjacent to an activating group) is 1. The van der Waals surface area contributed by atoms with Gasteiger partial charge in [0.25, 0.3) is 5.91 Å². The minimum atomic E-state index is -3.70. The molecular formula is C34H42N6O4S. The number of H-pyrrole nitrogens is 1. The Hall–Kier alpha value is -3.96. The summed E-state index contributed by atoms with van der Waals surface area (Å²) in [6.07, 6.45) is 8.48. The smallest absolute Gasteiger partial charge is 0.253 e. The molecule has 10 nitrogen and oxygen atoms in total. The van der Waals surface area contributed by atoms with Crippen LogP contribution in [-0.2, 0) is 16.4 Å². The lowest BCUT2D eigenvalue weighted by atomic mass is 9.71. The second-order valence-electron chi connectivity index (χ2n) is 12.6. The van der Waals surface area contributed by atoms with Gasteiger partial charge in [0.15, 0.2) is 0 Å². The molecule has 0 bridgehead atoms. The van der Waals surface area contributed by atoms with Crippen molar-refractivity contribution in [1.82, 2.24) is 24.2 Å². The Labute approximate surface area is 265 Å². The summed E-state index contributed by atoms with van der Waals surface area (Å²) in [5, 5.41) is 0. The van der Waals surface area contributed by atoms with Crippen molar-refractivity contribution in [3.63, 3.8) is 0 Å². The van der Waals surface area contributed by atoms with Crippen molar-refractivity contribution in [2.24, 2.45) is 5.41 Å². The Bertz CT molecular complexity index is 1760. The van der Waals surface area contributed by atoms with Gasteiger partial charge < -0.3 is 19.5 Å². The number of benzene rings is 2. The van der Waals surface area contributed by atoms with Gasteiger partial charge in [-0.25, -0.2) is 17.7 Å². The number of hydrogen-bond acceptors (Lipinski definition) is 7. The monoisotopic (exact) mass is 630 g/mol. The summed E-state index contributed by atoms with van der Waals surface area (Å²) in [5.41, 5.74) is 5.03. The number of fused-ring (bicyclic) bond motifs is 1. The van der Waals surface area contributed by atoms with Crippen LogP contribution in [-0.4, -0.2) is 85.4 Å². The molecule has 45 heavy (non-hydrogen) atoms. The number of carbonyl (C=O) groups excluding carboxylic acids is 1. The van der Waals surface area contributed by atoms with Crippen molar-refractivity contribution in [2.75, 3.05) is 51.8 Å². The van der Waals surface area contributed by atoms with Gasteiger partial charge in [0.2, 0.25) is 10.0 Å². The predicted octanol–water partition coefficient (Wildman–Crippen LogP) is 4.97. The number of pyridine rings is 1. The first-order chi connectivity index (χ1) is 21.6. The number of nitrogens with one attached hydrogen (secondary N) is 1. The van der Waals surface area contributed by atoms with Crippen molar-refractivity contribution in [2.45, 2.75) is 50.8 Å². The molecule has 1 N–H and O–H groups in total. The fourth-order valence-electron chi connectivity index (χ4n) is 6.95. The van der Waals surface area contributed by atoms with Crippen LogP contribution in [0.25, 0.3) is 11.0 Å². The molecule has 4 heterocycles. The van der Waals surface area contributed by atoms with E-state index in [2.05, 4.69) is 32.0 Å². The van der Waals surface area contributed by atoms with E-state index in [4.69, 9.17) is 4.74 Å². The molecule has 1 spiro atoms. The van der Waals surface area contributed by atoms with Crippen LogP contribution in [0.1, 0.15) is 53.0 Å². The molecule has 2 saturated heterocycles. The molecule has 0 saturated carbocycles. The number of methoxy groups -OCH3 is 1. The van der Waals surface area contributed by atoms with Crippen molar-refractivity contribution >= 4 is 32.7 Å². The van der Waals surface area contributed by atoms with Gasteiger partial charge in [-0.2, -0.15) is 0 Å². The highest BCUT2D eigenvalue weighted by molar-refractivity contribution is 7.89. The number of aromatic amines is 1. The predicted molar refractivity (Wildman–Crippen MR) is 175 cm³/mol. The second-order valence-corrected chi connectivity index (χ2v) is 14.5. The number of amides is 1. The molecule has 4 aromatic rings. The van der Waals surface area contributed by atoms with E-state index in [1.54, 1.807) is 40.1 Å². The minimum absolute atomic E-state index is 0.0492. The third-order valence-corrected chi connectivity index (χ3v) is 11.9. The zero-order valence-corrected chi connectivity index (χ0v) is 27.4. The number of rotatable bonds is 8. The van der Waals surface area contributed by atoms with Crippen molar-refractivity contribution in [3.05, 3.63) is 77.4 Å². The lowest BCUT2D eigenvalue weighted by molar-refractivity contribution is 0.0515. The number of likely N-dealkylation sites (tertiary alicyclic amines) is 1. The van der Waals surface area contributed by atoms with E-state index in [-0.39, 0.29) is 12.5 Å². The molecule has 1 amide bonds. The summed E-state index contributed by atoms with van der Waals surface area (Å²) < 4.78 is 33.5. The molecule has 2 aromatic heterocycles. The Morgan fingerprint density at radius 3 is 2.27 bits per heavy atom. The number of sulfonamides is 1. The maximum atomic E-state index is 13.5. The third kappa shape index (κ3) is 6.28. The first-order valence-electron chi connectivity index (χ1n) is 15.6. The molecule has 0 aliphatic carbocycles. The number of piperidine rings is 2. The van der Waals surface area contributed by atoms with Crippen molar-refractivity contribution < 1.29 is 17.9 Å². The standard InChI is InChI=1S/C34H42N6O4S/c1-24-21-28(44-4)22-25(2)32(24)45(42,43)38(3)16-9-31-36-29-6-5-26(23-30(29)37-31)33(41)40-19-12-34(13-20-40)10-17-39(18-11-34)27-7-14-35-15-8-27/h5-8,14-15,21-23H,9-13,16-20H2,1-4H3,(H,36,37). The van der Waals surface area contributed by atoms with E-state index in [9.17, 15) is 13.2 Å². The van der Waals surface area contributed by atoms with Gasteiger partial charge in [-0.1, -0.05) is 0 Å². The number of imidazole rings is 1. The van der Waals surface area contributed by atoms with E-state index >= 15 is 0 Å². The van der Waals surface area contributed by atoms with E-state index in [1.807, 2.05) is 35.5 Å². The zero-order chi connectivity index (χ0) is 31.8. The average molecular weight is 631 g/mol. The van der Waals surface area contributed by atoms with E-state index in [1.165, 1.54) is 9.99 Å². The molecule has 2 aromatic carbocycles. The van der Waals surface area contributed by atoms with Gasteiger partial charge in [0.1, 0.15) is 11.6 Å². The fourth-order valence-corrected chi connectivity index (χ4v) is 8.52. The lowest BCUT2D eigenvalue weighted by Gasteiger charge is -2.47. The van der Waals surface area contributed by atoms with Gasteiger partial charge in [0, 0.05) is 69.8 Å². The molecule has 2 fully saturated rings. The maximum absolute atomic E-state index is 13.5. The number of aromatic nitrogens is 3. The van der Waals surface area contributed by atoms with Crippen LogP contribution in [0.2, 0.25) is 0 Å². The summed E-state index contributed by atoms with van der Waals surface area (Å²) in [6, 6.07) is 13.2.